The van der Waals surface area contributed by atoms with Gasteiger partial charge in [-0.2, -0.15) is 0 Å². The minimum atomic E-state index is -0.814. The highest BCUT2D eigenvalue weighted by atomic mass is 16.4. The predicted octanol–water partition coefficient (Wildman–Crippen LogP) is -0.877. The second-order valence-corrected chi connectivity index (χ2v) is 2.64. The Bertz CT molecular complexity index is 198. The van der Waals surface area contributed by atoms with Crippen molar-refractivity contribution in [3.8, 4) is 0 Å². The van der Waals surface area contributed by atoms with Gasteiger partial charge in [0, 0.05) is 0 Å². The molecule has 62 valence electrons. The van der Waals surface area contributed by atoms with E-state index in [1.807, 2.05) is 0 Å². The third-order valence-corrected chi connectivity index (χ3v) is 1.87. The summed E-state index contributed by atoms with van der Waals surface area (Å²) < 4.78 is 0. The molecule has 1 aliphatic rings. The molecule has 0 aromatic rings. The Hall–Kier alpha value is -1.26. The third kappa shape index (κ3) is 1.60. The number of carbonyl (C=O) groups is 1. The fraction of sp³-hybridized carbons (Fsp3) is 0.667. The molecule has 1 fully saturated rings. The van der Waals surface area contributed by atoms with Gasteiger partial charge in [-0.05, 0) is 12.8 Å². The molecule has 11 heavy (non-hydrogen) atoms. The van der Waals surface area contributed by atoms with E-state index < -0.39 is 5.97 Å². The molecule has 0 spiro atoms. The summed E-state index contributed by atoms with van der Waals surface area (Å²) >= 11 is 0. The van der Waals surface area contributed by atoms with Crippen LogP contribution in [0.15, 0.2) is 4.99 Å². The van der Waals surface area contributed by atoms with Crippen molar-refractivity contribution in [2.24, 2.45) is 22.4 Å². The Morgan fingerprint density at radius 3 is 2.36 bits per heavy atom. The number of nitrogens with zero attached hydrogens (tertiary/aromatic N) is 1. The van der Waals surface area contributed by atoms with Gasteiger partial charge >= 0.3 is 5.97 Å². The Morgan fingerprint density at radius 2 is 2.09 bits per heavy atom. The largest absolute Gasteiger partial charge is 0.481 e. The van der Waals surface area contributed by atoms with Crippen LogP contribution >= 0.6 is 0 Å². The zero-order valence-corrected chi connectivity index (χ0v) is 6.03. The second kappa shape index (κ2) is 2.77. The van der Waals surface area contributed by atoms with E-state index in [9.17, 15) is 4.79 Å². The average molecular weight is 157 g/mol. The fourth-order valence-corrected chi connectivity index (χ4v) is 1.12. The summed E-state index contributed by atoms with van der Waals surface area (Å²) in [7, 11) is 0. The van der Waals surface area contributed by atoms with Gasteiger partial charge in [0.15, 0.2) is 5.96 Å². The van der Waals surface area contributed by atoms with Gasteiger partial charge in [-0.15, -0.1) is 0 Å². The van der Waals surface area contributed by atoms with Crippen LogP contribution in [0, 0.1) is 5.92 Å². The Morgan fingerprint density at radius 1 is 1.45 bits per heavy atom. The number of rotatable bonds is 2. The number of aliphatic imine (C=N–C) groups is 1. The van der Waals surface area contributed by atoms with Gasteiger partial charge in [0.2, 0.25) is 0 Å². The number of hydrogen-bond donors (Lipinski definition) is 3. The maximum atomic E-state index is 10.4. The lowest BCUT2D eigenvalue weighted by Gasteiger charge is -2.29. The molecule has 0 aromatic carbocycles. The van der Waals surface area contributed by atoms with Gasteiger partial charge in [-0.3, -0.25) is 4.79 Å². The zero-order valence-electron chi connectivity index (χ0n) is 6.03. The SMILES string of the molecule is NC(N)=N[C@H]1CC[C@@H]1C(=O)O. The highest BCUT2D eigenvalue weighted by Crippen LogP contribution is 2.30. The average Bonchev–Trinajstić information content (AvgIpc) is 1.78. The Kier molecular flexibility index (Phi) is 1.98. The number of carboxylic acid groups (broad SMARTS) is 1. The molecule has 5 nitrogen and oxygen atoms in total. The number of hydrogen-bond acceptors (Lipinski definition) is 2. The monoisotopic (exact) mass is 157 g/mol. The van der Waals surface area contributed by atoms with Gasteiger partial charge in [0.1, 0.15) is 0 Å². The van der Waals surface area contributed by atoms with Crippen molar-refractivity contribution in [1.29, 1.82) is 0 Å². The number of guanidine groups is 1. The lowest BCUT2D eigenvalue weighted by molar-refractivity contribution is -0.145. The van der Waals surface area contributed by atoms with Crippen LogP contribution in [0.5, 0.6) is 0 Å². The number of carboxylic acids is 1. The van der Waals surface area contributed by atoms with E-state index in [2.05, 4.69) is 4.99 Å². The van der Waals surface area contributed by atoms with Crippen molar-refractivity contribution >= 4 is 11.9 Å². The molecule has 0 unspecified atom stereocenters. The van der Waals surface area contributed by atoms with Crippen LogP contribution in [0.4, 0.5) is 0 Å². The fourth-order valence-electron chi connectivity index (χ4n) is 1.12. The van der Waals surface area contributed by atoms with Gasteiger partial charge in [-0.25, -0.2) is 4.99 Å². The van der Waals surface area contributed by atoms with E-state index in [1.54, 1.807) is 0 Å². The molecular weight excluding hydrogens is 146 g/mol. The maximum absolute atomic E-state index is 10.4. The zero-order chi connectivity index (χ0) is 8.43. The van der Waals surface area contributed by atoms with E-state index in [1.165, 1.54) is 0 Å². The quantitative estimate of drug-likeness (QED) is 0.358. The molecule has 0 saturated heterocycles. The first kappa shape index (κ1) is 7.84. The lowest BCUT2D eigenvalue weighted by atomic mass is 9.80. The van der Waals surface area contributed by atoms with Gasteiger partial charge in [0.05, 0.1) is 12.0 Å². The third-order valence-electron chi connectivity index (χ3n) is 1.87. The van der Waals surface area contributed by atoms with Gasteiger partial charge < -0.3 is 16.6 Å². The molecule has 1 saturated carbocycles. The molecule has 0 heterocycles. The molecule has 1 aliphatic carbocycles. The first-order chi connectivity index (χ1) is 5.11. The number of nitrogens with two attached hydrogens (primary N) is 2. The van der Waals surface area contributed by atoms with Crippen LogP contribution in [-0.2, 0) is 4.79 Å². The van der Waals surface area contributed by atoms with Crippen molar-refractivity contribution in [1.82, 2.24) is 0 Å². The maximum Gasteiger partial charge on any atom is 0.308 e. The van der Waals surface area contributed by atoms with Crippen LogP contribution in [0.3, 0.4) is 0 Å². The minimum absolute atomic E-state index is 0.0269. The Labute approximate surface area is 64.1 Å². The van der Waals surface area contributed by atoms with Crippen molar-refractivity contribution in [2.45, 2.75) is 18.9 Å². The van der Waals surface area contributed by atoms with Crippen molar-refractivity contribution in [3.63, 3.8) is 0 Å². The lowest BCUT2D eigenvalue weighted by Crippen LogP contribution is -2.39. The summed E-state index contributed by atoms with van der Waals surface area (Å²) in [4.78, 5) is 14.2. The predicted molar refractivity (Wildman–Crippen MR) is 40.0 cm³/mol. The topological polar surface area (TPSA) is 102 Å². The van der Waals surface area contributed by atoms with Crippen LogP contribution in [0.2, 0.25) is 0 Å². The molecule has 2 atom stereocenters. The molecular formula is C6H11N3O2. The van der Waals surface area contributed by atoms with Gasteiger partial charge in [0.25, 0.3) is 0 Å². The molecule has 1 rings (SSSR count). The van der Waals surface area contributed by atoms with E-state index in [0.717, 1.165) is 6.42 Å². The molecule has 5 N–H and O–H groups in total. The van der Waals surface area contributed by atoms with E-state index in [-0.39, 0.29) is 17.9 Å². The Balaban J connectivity index is 2.50. The summed E-state index contributed by atoms with van der Waals surface area (Å²) in [6.45, 7) is 0. The van der Waals surface area contributed by atoms with Crippen molar-refractivity contribution < 1.29 is 9.90 Å². The smallest absolute Gasteiger partial charge is 0.308 e. The van der Waals surface area contributed by atoms with E-state index in [0.29, 0.717) is 6.42 Å². The van der Waals surface area contributed by atoms with Crippen molar-refractivity contribution in [2.75, 3.05) is 0 Å². The van der Waals surface area contributed by atoms with Crippen molar-refractivity contribution in [3.05, 3.63) is 0 Å². The molecule has 0 radical (unpaired) electrons. The highest BCUT2D eigenvalue weighted by molar-refractivity contribution is 5.77. The molecule has 0 amide bonds. The molecule has 0 bridgehead atoms. The summed E-state index contributed by atoms with van der Waals surface area (Å²) in [5.41, 5.74) is 10.2. The van der Waals surface area contributed by atoms with Crippen LogP contribution in [0.1, 0.15) is 12.8 Å². The standard InChI is InChI=1S/C6H11N3O2/c7-6(8)9-4-2-1-3(4)5(10)11/h3-4H,1-2H2,(H,10,11)(H4,7,8,9)/t3-,4-/m0/s1. The molecule has 0 aliphatic heterocycles. The first-order valence-electron chi connectivity index (χ1n) is 3.43. The summed E-state index contributed by atoms with van der Waals surface area (Å²) in [5, 5.41) is 8.57. The first-order valence-corrected chi connectivity index (χ1v) is 3.43. The van der Waals surface area contributed by atoms with Gasteiger partial charge in [-0.1, -0.05) is 0 Å². The summed E-state index contributed by atoms with van der Waals surface area (Å²) in [5.74, 6) is -1.22. The second-order valence-electron chi connectivity index (χ2n) is 2.64. The van der Waals surface area contributed by atoms with Crippen LogP contribution in [-0.4, -0.2) is 23.1 Å². The molecule has 5 heteroatoms. The van der Waals surface area contributed by atoms with Crippen LogP contribution in [0.25, 0.3) is 0 Å². The van der Waals surface area contributed by atoms with Crippen LogP contribution < -0.4 is 11.5 Å². The normalized spacial score (nSPS) is 28.7. The van der Waals surface area contributed by atoms with E-state index >= 15 is 0 Å². The summed E-state index contributed by atoms with van der Waals surface area (Å²) in [6.07, 6.45) is 1.45. The van der Waals surface area contributed by atoms with E-state index in [4.69, 9.17) is 16.6 Å². The molecule has 0 aromatic heterocycles. The summed E-state index contributed by atoms with van der Waals surface area (Å²) in [6, 6.07) is -0.197. The highest BCUT2D eigenvalue weighted by Gasteiger charge is 2.36. The number of aliphatic carboxylic acids is 1. The minimum Gasteiger partial charge on any atom is -0.481 e.